The molecule has 0 saturated heterocycles. The van der Waals surface area contributed by atoms with E-state index in [1.54, 1.807) is 11.9 Å². The van der Waals surface area contributed by atoms with Crippen molar-refractivity contribution in [3.63, 3.8) is 0 Å². The Kier molecular flexibility index (Phi) is 6.58. The smallest absolute Gasteiger partial charge is 0.236 e. The Morgan fingerprint density at radius 2 is 1.80 bits per heavy atom. The molecule has 1 aromatic heterocycles. The maximum atomic E-state index is 12.3. The molecule has 0 saturated carbocycles. The predicted molar refractivity (Wildman–Crippen MR) is 96.6 cm³/mol. The van der Waals surface area contributed by atoms with E-state index in [2.05, 4.69) is 11.2 Å². The molecular weight excluding hydrogens is 318 g/mol. The Bertz CT molecular complexity index is 691. The van der Waals surface area contributed by atoms with Gasteiger partial charge in [0.15, 0.2) is 0 Å². The number of ether oxygens (including phenoxy) is 1. The largest absolute Gasteiger partial charge is 0.492 e. The lowest BCUT2D eigenvalue weighted by molar-refractivity contribution is -0.131. The van der Waals surface area contributed by atoms with Gasteiger partial charge in [-0.1, -0.05) is 11.2 Å². The molecule has 0 spiro atoms. The number of aryl methyl sites for hydroxylation is 3. The van der Waals surface area contributed by atoms with Crippen molar-refractivity contribution in [3.05, 3.63) is 46.8 Å². The van der Waals surface area contributed by atoms with E-state index in [1.807, 2.05) is 50.9 Å². The topological polar surface area (TPSA) is 58.8 Å². The van der Waals surface area contributed by atoms with Gasteiger partial charge in [0.1, 0.15) is 18.1 Å². The molecule has 0 radical (unpaired) electrons. The highest BCUT2D eigenvalue weighted by molar-refractivity contribution is 5.77. The number of aromatic nitrogens is 1. The Labute approximate surface area is 149 Å². The third-order valence-corrected chi connectivity index (χ3v) is 3.83. The van der Waals surface area contributed by atoms with Gasteiger partial charge in [0, 0.05) is 19.7 Å². The molecule has 0 aliphatic carbocycles. The van der Waals surface area contributed by atoms with Crippen LogP contribution in [0.4, 0.5) is 0 Å². The highest BCUT2D eigenvalue weighted by atomic mass is 16.5. The first-order chi connectivity index (χ1) is 11.8. The van der Waals surface area contributed by atoms with Crippen LogP contribution < -0.4 is 4.74 Å². The summed E-state index contributed by atoms with van der Waals surface area (Å²) in [6, 6.07) is 7.99. The van der Waals surface area contributed by atoms with Crippen molar-refractivity contribution in [2.45, 2.75) is 27.3 Å². The predicted octanol–water partition coefficient (Wildman–Crippen LogP) is 2.57. The van der Waals surface area contributed by atoms with Crippen LogP contribution in [-0.2, 0) is 11.3 Å². The molecule has 1 aromatic carbocycles. The second-order valence-corrected chi connectivity index (χ2v) is 6.59. The molecule has 0 fully saturated rings. The number of benzene rings is 1. The van der Waals surface area contributed by atoms with E-state index >= 15 is 0 Å². The minimum absolute atomic E-state index is 0.0479. The number of hydrogen-bond acceptors (Lipinski definition) is 5. The zero-order valence-electron chi connectivity index (χ0n) is 15.7. The molecule has 0 N–H and O–H groups in total. The number of amides is 1. The molecule has 25 heavy (non-hydrogen) atoms. The Morgan fingerprint density at radius 3 is 2.40 bits per heavy atom. The van der Waals surface area contributed by atoms with Crippen LogP contribution in [-0.4, -0.2) is 54.7 Å². The number of carbonyl (C=O) groups is 1. The van der Waals surface area contributed by atoms with E-state index in [-0.39, 0.29) is 5.91 Å². The fourth-order valence-corrected chi connectivity index (χ4v) is 2.62. The molecule has 2 aromatic rings. The van der Waals surface area contributed by atoms with Crippen LogP contribution in [0.2, 0.25) is 0 Å². The number of likely N-dealkylation sites (N-methyl/N-ethyl adjacent to an activating group) is 2. The van der Waals surface area contributed by atoms with Gasteiger partial charge < -0.3 is 14.2 Å². The first kappa shape index (κ1) is 19.0. The lowest BCUT2D eigenvalue weighted by Crippen LogP contribution is -2.38. The van der Waals surface area contributed by atoms with Crippen molar-refractivity contribution < 1.29 is 14.1 Å². The number of rotatable bonds is 8. The second kappa shape index (κ2) is 8.67. The Hall–Kier alpha value is -2.34. The van der Waals surface area contributed by atoms with Crippen LogP contribution in [0.25, 0.3) is 0 Å². The SMILES string of the molecule is Cc1cc(C)cc(OCCN(C)C(=O)CN(C)Cc2cc(C)on2)c1. The van der Waals surface area contributed by atoms with E-state index in [9.17, 15) is 4.79 Å². The van der Waals surface area contributed by atoms with E-state index in [1.165, 1.54) is 11.1 Å². The van der Waals surface area contributed by atoms with Crippen molar-refractivity contribution in [2.24, 2.45) is 0 Å². The molecule has 1 heterocycles. The highest BCUT2D eigenvalue weighted by Crippen LogP contribution is 2.16. The summed E-state index contributed by atoms with van der Waals surface area (Å²) in [4.78, 5) is 15.9. The first-order valence-electron chi connectivity index (χ1n) is 8.39. The summed E-state index contributed by atoms with van der Waals surface area (Å²) in [5.74, 6) is 1.67. The van der Waals surface area contributed by atoms with Gasteiger partial charge in [-0.05, 0) is 51.1 Å². The first-order valence-corrected chi connectivity index (χ1v) is 8.39. The van der Waals surface area contributed by atoms with E-state index < -0.39 is 0 Å². The zero-order chi connectivity index (χ0) is 18.4. The number of carbonyl (C=O) groups excluding carboxylic acids is 1. The highest BCUT2D eigenvalue weighted by Gasteiger charge is 2.13. The number of hydrogen-bond donors (Lipinski definition) is 0. The van der Waals surface area contributed by atoms with Crippen LogP contribution in [0.1, 0.15) is 22.6 Å². The molecule has 136 valence electrons. The Balaban J connectivity index is 1.74. The normalized spacial score (nSPS) is 11.0. The van der Waals surface area contributed by atoms with Crippen molar-refractivity contribution in [1.82, 2.24) is 15.0 Å². The van der Waals surface area contributed by atoms with Crippen LogP contribution in [0.5, 0.6) is 5.75 Å². The van der Waals surface area contributed by atoms with Crippen molar-refractivity contribution >= 4 is 5.91 Å². The van der Waals surface area contributed by atoms with Crippen LogP contribution >= 0.6 is 0 Å². The summed E-state index contributed by atoms with van der Waals surface area (Å²) in [5.41, 5.74) is 3.17. The maximum Gasteiger partial charge on any atom is 0.236 e. The molecule has 6 heteroatoms. The summed E-state index contributed by atoms with van der Waals surface area (Å²) in [5, 5.41) is 3.94. The van der Waals surface area contributed by atoms with Gasteiger partial charge in [0.05, 0.1) is 18.8 Å². The fraction of sp³-hybridized carbons (Fsp3) is 0.474. The van der Waals surface area contributed by atoms with Gasteiger partial charge >= 0.3 is 0 Å². The van der Waals surface area contributed by atoms with Gasteiger partial charge in [-0.2, -0.15) is 0 Å². The molecule has 0 unspecified atom stereocenters. The summed E-state index contributed by atoms with van der Waals surface area (Å²) in [6.45, 7) is 7.86. The average molecular weight is 345 g/mol. The zero-order valence-corrected chi connectivity index (χ0v) is 15.7. The van der Waals surface area contributed by atoms with Crippen LogP contribution in [0.3, 0.4) is 0 Å². The Morgan fingerprint density at radius 1 is 1.12 bits per heavy atom. The standard InChI is InChI=1S/C19H27N3O3/c1-14-8-15(2)10-18(9-14)24-7-6-22(5)19(23)13-21(4)12-17-11-16(3)25-20-17/h8-11H,6-7,12-13H2,1-5H3. The molecule has 1 amide bonds. The van der Waals surface area contributed by atoms with Gasteiger partial charge in [-0.3, -0.25) is 9.69 Å². The fourth-order valence-electron chi connectivity index (χ4n) is 2.62. The molecule has 0 aliphatic rings. The minimum Gasteiger partial charge on any atom is -0.492 e. The lowest BCUT2D eigenvalue weighted by Gasteiger charge is -2.21. The molecule has 0 aliphatic heterocycles. The quantitative estimate of drug-likeness (QED) is 0.736. The van der Waals surface area contributed by atoms with Gasteiger partial charge in [-0.25, -0.2) is 0 Å². The summed E-state index contributed by atoms with van der Waals surface area (Å²) >= 11 is 0. The lowest BCUT2D eigenvalue weighted by atomic mass is 10.1. The minimum atomic E-state index is 0.0479. The van der Waals surface area contributed by atoms with Gasteiger partial charge in [-0.15, -0.1) is 0 Å². The van der Waals surface area contributed by atoms with Crippen LogP contribution in [0, 0.1) is 20.8 Å². The summed E-state index contributed by atoms with van der Waals surface area (Å²) < 4.78 is 10.8. The average Bonchev–Trinajstić information content (AvgIpc) is 2.90. The number of nitrogens with zero attached hydrogens (tertiary/aromatic N) is 3. The third-order valence-electron chi connectivity index (χ3n) is 3.83. The van der Waals surface area contributed by atoms with Crippen LogP contribution in [0.15, 0.2) is 28.8 Å². The van der Waals surface area contributed by atoms with Gasteiger partial charge in [0.25, 0.3) is 0 Å². The van der Waals surface area contributed by atoms with E-state index in [0.717, 1.165) is 17.2 Å². The van der Waals surface area contributed by atoms with Gasteiger partial charge in [0.2, 0.25) is 5.91 Å². The van der Waals surface area contributed by atoms with E-state index in [0.29, 0.717) is 26.2 Å². The van der Waals surface area contributed by atoms with Crippen molar-refractivity contribution in [3.8, 4) is 5.75 Å². The third kappa shape index (κ3) is 6.23. The molecule has 0 atom stereocenters. The maximum absolute atomic E-state index is 12.3. The van der Waals surface area contributed by atoms with Crippen molar-refractivity contribution in [1.29, 1.82) is 0 Å². The summed E-state index contributed by atoms with van der Waals surface area (Å²) in [7, 11) is 3.68. The van der Waals surface area contributed by atoms with E-state index in [4.69, 9.17) is 9.26 Å². The monoisotopic (exact) mass is 345 g/mol. The molecule has 0 bridgehead atoms. The second-order valence-electron chi connectivity index (χ2n) is 6.59. The van der Waals surface area contributed by atoms with Crippen molar-refractivity contribution in [2.75, 3.05) is 33.8 Å². The summed E-state index contributed by atoms with van der Waals surface area (Å²) in [6.07, 6.45) is 0. The molecular formula is C19H27N3O3. The molecule has 6 nitrogen and oxygen atoms in total. The molecule has 2 rings (SSSR count).